The Bertz CT molecular complexity index is 2810. The van der Waals surface area contributed by atoms with Crippen LogP contribution in [0.1, 0.15) is 34.7 Å². The molecule has 0 unspecified atom stereocenters. The number of hydrogen-bond donors (Lipinski definition) is 0. The van der Waals surface area contributed by atoms with Crippen LogP contribution in [0.15, 0.2) is 174 Å². The summed E-state index contributed by atoms with van der Waals surface area (Å²) in [5, 5.41) is 4.89. The third-order valence-electron chi connectivity index (χ3n) is 11.5. The highest BCUT2D eigenvalue weighted by Crippen LogP contribution is 2.53. The Labute approximate surface area is 296 Å². The van der Waals surface area contributed by atoms with Crippen LogP contribution in [0.4, 0.5) is 17.1 Å². The molecule has 9 aromatic rings. The first-order chi connectivity index (χ1) is 25.2. The van der Waals surface area contributed by atoms with Crippen LogP contribution >= 0.6 is 0 Å². The second-order valence-corrected chi connectivity index (χ2v) is 14.2. The number of anilines is 3. The molecule has 2 aliphatic carbocycles. The van der Waals surface area contributed by atoms with E-state index in [0.717, 1.165) is 34.6 Å². The molecule has 0 aliphatic heterocycles. The first-order valence-electron chi connectivity index (χ1n) is 17.8. The van der Waals surface area contributed by atoms with E-state index in [-0.39, 0.29) is 5.41 Å². The highest BCUT2D eigenvalue weighted by atomic mass is 16.3. The van der Waals surface area contributed by atoms with Gasteiger partial charge in [-0.1, -0.05) is 115 Å². The number of nitrogens with zero attached hydrogens (tertiary/aromatic N) is 1. The van der Waals surface area contributed by atoms with Gasteiger partial charge < -0.3 is 9.32 Å². The summed E-state index contributed by atoms with van der Waals surface area (Å²) in [6.45, 7) is 2.39. The van der Waals surface area contributed by atoms with E-state index >= 15 is 0 Å². The van der Waals surface area contributed by atoms with Crippen molar-refractivity contribution in [3.63, 3.8) is 0 Å². The van der Waals surface area contributed by atoms with Crippen molar-refractivity contribution >= 4 is 49.8 Å². The molecule has 0 amide bonds. The summed E-state index contributed by atoms with van der Waals surface area (Å²) >= 11 is 0. The summed E-state index contributed by atoms with van der Waals surface area (Å²) in [7, 11) is 0. The molecule has 2 aliphatic rings. The Morgan fingerprint density at radius 2 is 1.14 bits per heavy atom. The van der Waals surface area contributed by atoms with Gasteiger partial charge in [-0.25, -0.2) is 0 Å². The first kappa shape index (κ1) is 28.5. The lowest BCUT2D eigenvalue weighted by Crippen LogP contribution is -2.23. The van der Waals surface area contributed by atoms with E-state index in [1.165, 1.54) is 71.6 Å². The van der Waals surface area contributed by atoms with E-state index in [1.807, 2.05) is 6.07 Å². The fourth-order valence-electron chi connectivity index (χ4n) is 9.18. The monoisotopic (exact) mass is 651 g/mol. The Hall–Kier alpha value is -6.38. The number of furan rings is 1. The van der Waals surface area contributed by atoms with Gasteiger partial charge >= 0.3 is 0 Å². The molecule has 2 heteroatoms. The maximum absolute atomic E-state index is 6.28. The van der Waals surface area contributed by atoms with Gasteiger partial charge in [0.05, 0.1) is 0 Å². The zero-order valence-electron chi connectivity index (χ0n) is 28.2. The molecule has 0 atom stereocenters. The lowest BCUT2D eigenvalue weighted by atomic mass is 9.74. The summed E-state index contributed by atoms with van der Waals surface area (Å²) in [6.07, 6.45) is 0.934. The average Bonchev–Trinajstić information content (AvgIpc) is 3.84. The molecule has 1 heterocycles. The minimum atomic E-state index is -0.274. The van der Waals surface area contributed by atoms with Crippen LogP contribution in [-0.2, 0) is 11.8 Å². The second kappa shape index (κ2) is 10.6. The van der Waals surface area contributed by atoms with Crippen LogP contribution in [0.2, 0.25) is 0 Å². The smallest absolute Gasteiger partial charge is 0.136 e. The molecule has 0 spiro atoms. The van der Waals surface area contributed by atoms with E-state index in [0.29, 0.717) is 0 Å². The SMILES string of the molecule is CC1(c2cccc(N(c3ccccc3)c3ccc4c(c3)-c3c(ccc5c3ccc3oc6ccccc6c35)C4)c2)c2ccccc2-c2ccccc21. The van der Waals surface area contributed by atoms with E-state index in [9.17, 15) is 0 Å². The average molecular weight is 652 g/mol. The highest BCUT2D eigenvalue weighted by molar-refractivity contribution is 6.21. The minimum absolute atomic E-state index is 0.274. The van der Waals surface area contributed by atoms with Gasteiger partial charge in [-0.2, -0.15) is 0 Å². The first-order valence-corrected chi connectivity index (χ1v) is 17.8. The van der Waals surface area contributed by atoms with Gasteiger partial charge in [0.15, 0.2) is 0 Å². The van der Waals surface area contributed by atoms with E-state index in [4.69, 9.17) is 4.42 Å². The lowest BCUT2D eigenvalue weighted by Gasteiger charge is -2.31. The molecule has 240 valence electrons. The summed E-state index contributed by atoms with van der Waals surface area (Å²) < 4.78 is 6.28. The van der Waals surface area contributed by atoms with Crippen LogP contribution in [0.25, 0.3) is 55.0 Å². The molecule has 0 fully saturated rings. The fraction of sp³-hybridized carbons (Fsp3) is 0.0612. The van der Waals surface area contributed by atoms with Gasteiger partial charge in [-0.3, -0.25) is 0 Å². The van der Waals surface area contributed by atoms with Crippen molar-refractivity contribution in [3.8, 4) is 22.3 Å². The Kier molecular flexibility index (Phi) is 5.89. The third-order valence-corrected chi connectivity index (χ3v) is 11.5. The van der Waals surface area contributed by atoms with Crippen molar-refractivity contribution in [1.29, 1.82) is 0 Å². The van der Waals surface area contributed by atoms with Crippen LogP contribution in [0.5, 0.6) is 0 Å². The number of hydrogen-bond acceptors (Lipinski definition) is 2. The minimum Gasteiger partial charge on any atom is -0.456 e. The van der Waals surface area contributed by atoms with Crippen LogP contribution < -0.4 is 4.90 Å². The predicted molar refractivity (Wildman–Crippen MR) is 212 cm³/mol. The maximum atomic E-state index is 6.28. The molecule has 0 saturated heterocycles. The Morgan fingerprint density at radius 3 is 1.96 bits per heavy atom. The number of fused-ring (bicyclic) bond motifs is 12. The van der Waals surface area contributed by atoms with Crippen molar-refractivity contribution in [2.75, 3.05) is 4.90 Å². The second-order valence-electron chi connectivity index (χ2n) is 14.2. The highest BCUT2D eigenvalue weighted by Gasteiger charge is 2.40. The molecule has 0 saturated carbocycles. The molecule has 0 bridgehead atoms. The molecular weight excluding hydrogens is 619 g/mol. The fourth-order valence-corrected chi connectivity index (χ4v) is 9.18. The maximum Gasteiger partial charge on any atom is 0.136 e. The summed E-state index contributed by atoms with van der Waals surface area (Å²) in [4.78, 5) is 2.42. The Balaban J connectivity index is 1.10. The molecule has 1 aromatic heterocycles. The van der Waals surface area contributed by atoms with Crippen LogP contribution in [0.3, 0.4) is 0 Å². The summed E-state index contributed by atoms with van der Waals surface area (Å²) in [5.74, 6) is 0. The number of para-hydroxylation sites is 2. The van der Waals surface area contributed by atoms with Crippen molar-refractivity contribution in [3.05, 3.63) is 198 Å². The van der Waals surface area contributed by atoms with E-state index in [1.54, 1.807) is 0 Å². The molecular formula is C49H33NO. The quantitative estimate of drug-likeness (QED) is 0.188. The normalized spacial score (nSPS) is 13.7. The van der Waals surface area contributed by atoms with Crippen LogP contribution in [-0.4, -0.2) is 0 Å². The Morgan fingerprint density at radius 1 is 0.471 bits per heavy atom. The van der Waals surface area contributed by atoms with Gasteiger partial charge in [0.1, 0.15) is 11.2 Å². The molecule has 0 N–H and O–H groups in total. The van der Waals surface area contributed by atoms with Crippen LogP contribution in [0, 0.1) is 0 Å². The van der Waals surface area contributed by atoms with Crippen molar-refractivity contribution < 1.29 is 4.42 Å². The van der Waals surface area contributed by atoms with E-state index < -0.39 is 0 Å². The summed E-state index contributed by atoms with van der Waals surface area (Å²) in [5.41, 5.74) is 17.1. The number of benzene rings is 8. The third kappa shape index (κ3) is 3.99. The summed E-state index contributed by atoms with van der Waals surface area (Å²) in [6, 6.07) is 62.3. The molecule has 0 radical (unpaired) electrons. The molecule has 11 rings (SSSR count). The molecule has 51 heavy (non-hydrogen) atoms. The van der Waals surface area contributed by atoms with Gasteiger partial charge in [-0.05, 0) is 129 Å². The van der Waals surface area contributed by atoms with Crippen molar-refractivity contribution in [1.82, 2.24) is 0 Å². The van der Waals surface area contributed by atoms with Gasteiger partial charge in [-0.15, -0.1) is 0 Å². The van der Waals surface area contributed by atoms with Crippen molar-refractivity contribution in [2.45, 2.75) is 18.8 Å². The van der Waals surface area contributed by atoms with Crippen molar-refractivity contribution in [2.24, 2.45) is 0 Å². The predicted octanol–water partition coefficient (Wildman–Crippen LogP) is 13.1. The van der Waals surface area contributed by atoms with Gasteiger partial charge in [0, 0.05) is 33.2 Å². The molecule has 8 aromatic carbocycles. The standard InChI is InChI=1S/C49H33NO/c1-49(43-19-8-5-16-37(43)38-17-6-9-20-44(38)49)33-12-11-15-35(29-33)50(34-13-3-2-4-14-34)36-24-22-31-28-32-23-25-40-39(47(32)42(31)30-36)26-27-46-48(40)41-18-7-10-21-45(41)51-46/h2-27,29-30H,28H2,1H3. The van der Waals surface area contributed by atoms with Gasteiger partial charge in [0.2, 0.25) is 0 Å². The molecule has 2 nitrogen and oxygen atoms in total. The van der Waals surface area contributed by atoms with E-state index in [2.05, 4.69) is 176 Å². The topological polar surface area (TPSA) is 16.4 Å². The van der Waals surface area contributed by atoms with Gasteiger partial charge in [0.25, 0.3) is 0 Å². The zero-order valence-corrected chi connectivity index (χ0v) is 28.2. The zero-order chi connectivity index (χ0) is 33.7. The largest absolute Gasteiger partial charge is 0.456 e. The lowest BCUT2D eigenvalue weighted by molar-refractivity contribution is 0.669. The number of rotatable bonds is 4.